The van der Waals surface area contributed by atoms with Crippen LogP contribution in [0.5, 0.6) is 0 Å². The topological polar surface area (TPSA) is 25.2 Å². The van der Waals surface area contributed by atoms with Gasteiger partial charge in [0.15, 0.2) is 5.78 Å². The van der Waals surface area contributed by atoms with Crippen LogP contribution in [0.4, 0.5) is 0 Å². The lowest BCUT2D eigenvalue weighted by molar-refractivity contribution is 0.104. The van der Waals surface area contributed by atoms with Crippen LogP contribution in [0, 0.1) is 0 Å². The Morgan fingerprint density at radius 2 is 1.85 bits per heavy atom. The van der Waals surface area contributed by atoms with Crippen LogP contribution in [0.2, 0.25) is 5.02 Å². The third-order valence-electron chi connectivity index (χ3n) is 5.48. The molecule has 0 bridgehead atoms. The molecule has 4 rings (SSSR count). The van der Waals surface area contributed by atoms with E-state index in [-0.39, 0.29) is 5.78 Å². The van der Waals surface area contributed by atoms with E-state index in [0.29, 0.717) is 16.6 Å². The second kappa shape index (κ2) is 7.26. The summed E-state index contributed by atoms with van der Waals surface area (Å²) in [5.74, 6) is -0.0115. The fourth-order valence-electron chi connectivity index (χ4n) is 3.97. The number of likely N-dealkylation sites (N-methyl/N-ethyl adjacent to an activating group) is 1. The molecular weight excluding hydrogens is 344 g/mol. The molecule has 0 aliphatic carbocycles. The van der Waals surface area contributed by atoms with Crippen molar-refractivity contribution in [2.75, 3.05) is 13.6 Å². The molecule has 1 fully saturated rings. The van der Waals surface area contributed by atoms with Crippen LogP contribution >= 0.6 is 11.6 Å². The number of fused-ring (bicyclic) bond motifs is 1. The van der Waals surface area contributed by atoms with Gasteiger partial charge in [0.1, 0.15) is 0 Å². The molecule has 1 aliphatic rings. The van der Waals surface area contributed by atoms with Gasteiger partial charge < -0.3 is 9.47 Å². The number of ketones is 1. The third kappa shape index (κ3) is 3.17. The number of benzene rings is 2. The zero-order valence-electron chi connectivity index (χ0n) is 15.0. The fourth-order valence-corrected chi connectivity index (χ4v) is 4.19. The number of rotatable bonds is 4. The molecule has 4 heteroatoms. The molecule has 1 aromatic heterocycles. The largest absolute Gasteiger partial charge is 0.345 e. The monoisotopic (exact) mass is 366 g/mol. The molecule has 26 heavy (non-hydrogen) atoms. The number of nitrogens with zero attached hydrogens (tertiary/aromatic N) is 2. The van der Waals surface area contributed by atoms with Gasteiger partial charge in [-0.1, -0.05) is 48.4 Å². The SMILES string of the molecule is CN1CCCCC1Cn1cc(C(=O)c2ccccc2Cl)c2ccccc21. The van der Waals surface area contributed by atoms with E-state index in [0.717, 1.165) is 29.6 Å². The highest BCUT2D eigenvalue weighted by molar-refractivity contribution is 6.35. The molecule has 0 saturated carbocycles. The lowest BCUT2D eigenvalue weighted by atomic mass is 10.0. The van der Waals surface area contributed by atoms with Gasteiger partial charge in [0, 0.05) is 40.8 Å². The van der Waals surface area contributed by atoms with E-state index in [9.17, 15) is 4.79 Å². The summed E-state index contributed by atoms with van der Waals surface area (Å²) in [6.07, 6.45) is 5.77. The van der Waals surface area contributed by atoms with Gasteiger partial charge in [0.25, 0.3) is 0 Å². The Morgan fingerprint density at radius 1 is 1.08 bits per heavy atom. The van der Waals surface area contributed by atoms with Crippen molar-refractivity contribution in [1.82, 2.24) is 9.47 Å². The Kier molecular flexibility index (Phi) is 4.84. The second-order valence-electron chi connectivity index (χ2n) is 7.15. The Balaban J connectivity index is 1.74. The van der Waals surface area contributed by atoms with Gasteiger partial charge in [-0.2, -0.15) is 0 Å². The van der Waals surface area contributed by atoms with Gasteiger partial charge in [-0.15, -0.1) is 0 Å². The number of likely N-dealkylation sites (tertiary alicyclic amines) is 1. The highest BCUT2D eigenvalue weighted by Crippen LogP contribution is 2.28. The molecule has 134 valence electrons. The van der Waals surface area contributed by atoms with Crippen LogP contribution in [-0.2, 0) is 6.54 Å². The summed E-state index contributed by atoms with van der Waals surface area (Å²) >= 11 is 6.27. The first-order valence-electron chi connectivity index (χ1n) is 9.22. The van der Waals surface area contributed by atoms with E-state index in [1.165, 1.54) is 19.3 Å². The molecule has 0 N–H and O–H groups in total. The Bertz CT molecular complexity index is 946. The zero-order chi connectivity index (χ0) is 18.1. The van der Waals surface area contributed by atoms with Crippen molar-refractivity contribution < 1.29 is 4.79 Å². The lowest BCUT2D eigenvalue weighted by Crippen LogP contribution is -2.39. The van der Waals surface area contributed by atoms with Crippen LogP contribution in [0.3, 0.4) is 0 Å². The average molecular weight is 367 g/mol. The number of aromatic nitrogens is 1. The minimum absolute atomic E-state index is 0.0115. The first-order valence-corrected chi connectivity index (χ1v) is 9.60. The zero-order valence-corrected chi connectivity index (χ0v) is 15.7. The third-order valence-corrected chi connectivity index (χ3v) is 5.81. The summed E-state index contributed by atoms with van der Waals surface area (Å²) in [6.45, 7) is 2.06. The van der Waals surface area contributed by atoms with Crippen molar-refractivity contribution >= 4 is 28.3 Å². The van der Waals surface area contributed by atoms with Crippen molar-refractivity contribution in [2.45, 2.75) is 31.8 Å². The maximum Gasteiger partial charge on any atom is 0.196 e. The van der Waals surface area contributed by atoms with Crippen LogP contribution < -0.4 is 0 Å². The van der Waals surface area contributed by atoms with Crippen LogP contribution in [0.15, 0.2) is 54.7 Å². The second-order valence-corrected chi connectivity index (χ2v) is 7.56. The number of carbonyl (C=O) groups is 1. The number of halogens is 1. The Labute approximate surface area is 159 Å². The highest BCUT2D eigenvalue weighted by Gasteiger charge is 2.22. The standard InChI is InChI=1S/C22H23ClN2O/c1-24-13-7-6-8-16(24)14-25-15-19(17-9-3-5-12-21(17)25)22(26)18-10-2-4-11-20(18)23/h2-5,9-12,15-16H,6-8,13-14H2,1H3. The molecule has 0 spiro atoms. The van der Waals surface area contributed by atoms with E-state index < -0.39 is 0 Å². The maximum absolute atomic E-state index is 13.1. The van der Waals surface area contributed by atoms with Crippen molar-refractivity contribution in [1.29, 1.82) is 0 Å². The van der Waals surface area contributed by atoms with Crippen LogP contribution in [-0.4, -0.2) is 34.9 Å². The molecule has 1 saturated heterocycles. The number of hydrogen-bond acceptors (Lipinski definition) is 2. The predicted octanol–water partition coefficient (Wildman–Crippen LogP) is 5.01. The summed E-state index contributed by atoms with van der Waals surface area (Å²) in [5.41, 5.74) is 2.40. The van der Waals surface area contributed by atoms with E-state index in [2.05, 4.69) is 22.6 Å². The van der Waals surface area contributed by atoms with Crippen LogP contribution in [0.25, 0.3) is 10.9 Å². The van der Waals surface area contributed by atoms with Crippen molar-refractivity contribution in [3.05, 3.63) is 70.9 Å². The van der Waals surface area contributed by atoms with E-state index >= 15 is 0 Å². The van der Waals surface area contributed by atoms with E-state index in [4.69, 9.17) is 11.6 Å². The van der Waals surface area contributed by atoms with Crippen LogP contribution in [0.1, 0.15) is 35.2 Å². The normalized spacial score (nSPS) is 18.3. The highest BCUT2D eigenvalue weighted by atomic mass is 35.5. The average Bonchev–Trinajstić information content (AvgIpc) is 3.02. The summed E-state index contributed by atoms with van der Waals surface area (Å²) in [4.78, 5) is 15.6. The summed E-state index contributed by atoms with van der Waals surface area (Å²) in [6, 6.07) is 15.9. The molecule has 3 nitrogen and oxygen atoms in total. The molecule has 2 aromatic carbocycles. The van der Waals surface area contributed by atoms with Gasteiger partial charge >= 0.3 is 0 Å². The minimum Gasteiger partial charge on any atom is -0.345 e. The quantitative estimate of drug-likeness (QED) is 0.606. The van der Waals surface area contributed by atoms with E-state index in [1.54, 1.807) is 12.1 Å². The molecule has 0 amide bonds. The van der Waals surface area contributed by atoms with Crippen molar-refractivity contribution in [3.8, 4) is 0 Å². The molecule has 3 aromatic rings. The first kappa shape index (κ1) is 17.3. The summed E-state index contributed by atoms with van der Waals surface area (Å²) in [7, 11) is 2.20. The van der Waals surface area contributed by atoms with E-state index in [1.807, 2.05) is 36.5 Å². The van der Waals surface area contributed by atoms with Gasteiger partial charge in [-0.05, 0) is 44.6 Å². The minimum atomic E-state index is -0.0115. The molecule has 1 aliphatic heterocycles. The number of carbonyl (C=O) groups excluding carboxylic acids is 1. The van der Waals surface area contributed by atoms with Gasteiger partial charge in [0.05, 0.1) is 5.02 Å². The smallest absolute Gasteiger partial charge is 0.196 e. The van der Waals surface area contributed by atoms with Gasteiger partial charge in [0.2, 0.25) is 0 Å². The Morgan fingerprint density at radius 3 is 2.65 bits per heavy atom. The Hall–Kier alpha value is -2.10. The molecule has 1 unspecified atom stereocenters. The lowest BCUT2D eigenvalue weighted by Gasteiger charge is -2.32. The fraction of sp³-hybridized carbons (Fsp3) is 0.318. The molecule has 1 atom stereocenters. The number of hydrogen-bond donors (Lipinski definition) is 0. The first-order chi connectivity index (χ1) is 12.6. The molecular formula is C22H23ClN2O. The number of piperidine rings is 1. The van der Waals surface area contributed by atoms with Gasteiger partial charge in [-0.25, -0.2) is 0 Å². The summed E-state index contributed by atoms with van der Waals surface area (Å²) < 4.78 is 2.24. The van der Waals surface area contributed by atoms with Crippen molar-refractivity contribution in [2.24, 2.45) is 0 Å². The molecule has 2 heterocycles. The van der Waals surface area contributed by atoms with Gasteiger partial charge in [-0.3, -0.25) is 4.79 Å². The maximum atomic E-state index is 13.1. The number of para-hydroxylation sites is 1. The summed E-state index contributed by atoms with van der Waals surface area (Å²) in [5, 5.41) is 1.50. The predicted molar refractivity (Wildman–Crippen MR) is 107 cm³/mol. The van der Waals surface area contributed by atoms with Crippen molar-refractivity contribution in [3.63, 3.8) is 0 Å². The molecule has 0 radical (unpaired) electrons.